The van der Waals surface area contributed by atoms with Crippen LogP contribution in [0, 0.1) is 0 Å². The van der Waals surface area contributed by atoms with Gasteiger partial charge in [-0.15, -0.1) is 0 Å². The van der Waals surface area contributed by atoms with Crippen molar-refractivity contribution in [1.29, 1.82) is 0 Å². The van der Waals surface area contributed by atoms with E-state index in [1.807, 2.05) is 47.3 Å². The van der Waals surface area contributed by atoms with Crippen molar-refractivity contribution in [3.05, 3.63) is 60.3 Å². The minimum Gasteiger partial charge on any atom is -0.267 e. The Hall–Kier alpha value is -2.03. The average molecular weight is 218 g/mol. The van der Waals surface area contributed by atoms with Gasteiger partial charge in [0.25, 0.3) is 0 Å². The molecular weight excluding hydrogens is 207 g/mol. The van der Waals surface area contributed by atoms with E-state index in [0.717, 1.165) is 22.9 Å². The van der Waals surface area contributed by atoms with Gasteiger partial charge in [-0.05, 0) is 11.6 Å². The smallest absolute Gasteiger partial charge is 0.113 e. The lowest BCUT2D eigenvalue weighted by Crippen LogP contribution is -1.99. The van der Waals surface area contributed by atoms with E-state index in [-0.39, 0.29) is 0 Å². The van der Waals surface area contributed by atoms with E-state index < -0.39 is 0 Å². The molecule has 3 rings (SSSR count). The summed E-state index contributed by atoms with van der Waals surface area (Å²) in [6, 6.07) is 16.1. The van der Waals surface area contributed by atoms with Gasteiger partial charge >= 0.3 is 0 Å². The van der Waals surface area contributed by atoms with Gasteiger partial charge in [0.1, 0.15) is 7.85 Å². The lowest BCUT2D eigenvalue weighted by atomic mass is 9.95. The Bertz CT molecular complexity index is 644. The summed E-state index contributed by atoms with van der Waals surface area (Å²) in [5.74, 6) is 0. The van der Waals surface area contributed by atoms with Crippen LogP contribution in [0.3, 0.4) is 0 Å². The lowest BCUT2D eigenvalue weighted by Gasteiger charge is -2.00. The van der Waals surface area contributed by atoms with Crippen LogP contribution >= 0.6 is 0 Å². The van der Waals surface area contributed by atoms with Gasteiger partial charge in [-0.2, -0.15) is 5.10 Å². The monoisotopic (exact) mass is 218 g/mol. The van der Waals surface area contributed by atoms with Crippen LogP contribution in [0.1, 0.15) is 5.56 Å². The third-order valence-electron chi connectivity index (χ3n) is 2.76. The van der Waals surface area contributed by atoms with E-state index in [0.29, 0.717) is 0 Å². The standard InChI is InChI=1S/C14H11BN2/c15-13-6-7-14-12(8-13)10-17(16-14)9-11-4-2-1-3-5-11/h1-8,10H,9H2. The molecule has 0 aliphatic heterocycles. The summed E-state index contributed by atoms with van der Waals surface area (Å²) in [6.45, 7) is 0.787. The molecule has 1 heterocycles. The van der Waals surface area contributed by atoms with Crippen molar-refractivity contribution in [3.63, 3.8) is 0 Å². The van der Waals surface area contributed by atoms with E-state index in [9.17, 15) is 0 Å². The Morgan fingerprint density at radius 3 is 2.71 bits per heavy atom. The molecule has 2 radical (unpaired) electrons. The van der Waals surface area contributed by atoms with Crippen molar-refractivity contribution in [2.24, 2.45) is 0 Å². The molecule has 2 aromatic carbocycles. The van der Waals surface area contributed by atoms with Gasteiger partial charge in [-0.25, -0.2) is 0 Å². The SMILES string of the molecule is [B]c1ccc2nn(Cc3ccccc3)cc2c1. The first-order chi connectivity index (χ1) is 8.31. The number of fused-ring (bicyclic) bond motifs is 1. The summed E-state index contributed by atoms with van der Waals surface area (Å²) in [5, 5.41) is 5.59. The van der Waals surface area contributed by atoms with Crippen LogP contribution in [0.15, 0.2) is 54.7 Å². The topological polar surface area (TPSA) is 17.8 Å². The molecule has 2 nitrogen and oxygen atoms in total. The molecule has 0 bridgehead atoms. The quantitative estimate of drug-likeness (QED) is 0.600. The zero-order valence-corrected chi connectivity index (χ0v) is 9.38. The summed E-state index contributed by atoms with van der Waals surface area (Å²) < 4.78 is 1.94. The second-order valence-electron chi connectivity index (χ2n) is 4.13. The fourth-order valence-electron chi connectivity index (χ4n) is 1.95. The maximum atomic E-state index is 5.75. The van der Waals surface area contributed by atoms with Crippen molar-refractivity contribution >= 4 is 24.2 Å². The minimum absolute atomic E-state index is 0.775. The van der Waals surface area contributed by atoms with Gasteiger partial charge in [0.15, 0.2) is 0 Å². The molecule has 0 atom stereocenters. The number of benzene rings is 2. The zero-order valence-electron chi connectivity index (χ0n) is 9.38. The molecule has 0 fully saturated rings. The number of rotatable bonds is 2. The first-order valence-electron chi connectivity index (χ1n) is 5.58. The van der Waals surface area contributed by atoms with Crippen molar-refractivity contribution in [1.82, 2.24) is 9.78 Å². The first kappa shape index (κ1) is 10.1. The molecule has 0 unspecified atom stereocenters. The fraction of sp³-hybridized carbons (Fsp3) is 0.0714. The molecule has 0 saturated heterocycles. The Balaban J connectivity index is 1.96. The van der Waals surface area contributed by atoms with E-state index in [4.69, 9.17) is 7.85 Å². The number of hydrogen-bond donors (Lipinski definition) is 0. The van der Waals surface area contributed by atoms with E-state index >= 15 is 0 Å². The molecular formula is C14H11BN2. The Kier molecular flexibility index (Phi) is 2.44. The third kappa shape index (κ3) is 2.09. The van der Waals surface area contributed by atoms with Gasteiger partial charge in [0, 0.05) is 11.6 Å². The normalized spacial score (nSPS) is 10.8. The maximum absolute atomic E-state index is 5.75. The van der Waals surface area contributed by atoms with E-state index in [1.165, 1.54) is 5.56 Å². The largest absolute Gasteiger partial charge is 0.267 e. The molecule has 0 saturated carbocycles. The maximum Gasteiger partial charge on any atom is 0.113 e. The average Bonchev–Trinajstić information content (AvgIpc) is 2.71. The predicted octanol–water partition coefficient (Wildman–Crippen LogP) is 1.88. The number of nitrogens with zero attached hydrogens (tertiary/aromatic N) is 2. The van der Waals surface area contributed by atoms with Crippen LogP contribution in [-0.4, -0.2) is 17.6 Å². The van der Waals surface area contributed by atoms with Gasteiger partial charge in [-0.3, -0.25) is 4.68 Å². The molecule has 0 spiro atoms. The molecule has 1 aromatic heterocycles. The van der Waals surface area contributed by atoms with E-state index in [2.05, 4.69) is 17.2 Å². The first-order valence-corrected chi connectivity index (χ1v) is 5.58. The lowest BCUT2D eigenvalue weighted by molar-refractivity contribution is 0.696. The van der Waals surface area contributed by atoms with Crippen molar-refractivity contribution < 1.29 is 0 Å². The highest BCUT2D eigenvalue weighted by Crippen LogP contribution is 2.11. The molecule has 0 aliphatic rings. The summed E-state index contributed by atoms with van der Waals surface area (Å²) in [6.07, 6.45) is 2.03. The van der Waals surface area contributed by atoms with Crippen molar-refractivity contribution in [3.8, 4) is 0 Å². The number of hydrogen-bond acceptors (Lipinski definition) is 1. The minimum atomic E-state index is 0.775. The third-order valence-corrected chi connectivity index (χ3v) is 2.76. The summed E-state index contributed by atoms with van der Waals surface area (Å²) >= 11 is 0. The molecule has 3 aromatic rings. The molecule has 80 valence electrons. The van der Waals surface area contributed by atoms with Crippen LogP contribution in [-0.2, 0) is 6.54 Å². The second-order valence-corrected chi connectivity index (χ2v) is 4.13. The molecule has 0 N–H and O–H groups in total. The molecule has 17 heavy (non-hydrogen) atoms. The Morgan fingerprint density at radius 2 is 1.88 bits per heavy atom. The van der Waals surface area contributed by atoms with Gasteiger partial charge in [0.05, 0.1) is 12.1 Å². The number of aromatic nitrogens is 2. The highest BCUT2D eigenvalue weighted by Gasteiger charge is 2.01. The Labute approximate surface area is 101 Å². The van der Waals surface area contributed by atoms with Gasteiger partial charge in [0.2, 0.25) is 0 Å². The Morgan fingerprint density at radius 1 is 1.06 bits per heavy atom. The van der Waals surface area contributed by atoms with Crippen LogP contribution in [0.2, 0.25) is 0 Å². The molecule has 0 aliphatic carbocycles. The second kappa shape index (κ2) is 4.09. The van der Waals surface area contributed by atoms with Crippen LogP contribution in [0.5, 0.6) is 0 Å². The molecule has 0 amide bonds. The predicted molar refractivity (Wildman–Crippen MR) is 70.7 cm³/mol. The van der Waals surface area contributed by atoms with Crippen LogP contribution in [0.4, 0.5) is 0 Å². The fourth-order valence-corrected chi connectivity index (χ4v) is 1.95. The highest BCUT2D eigenvalue weighted by molar-refractivity contribution is 6.33. The summed E-state index contributed by atoms with van der Waals surface area (Å²) in [5.41, 5.74) is 3.00. The summed E-state index contributed by atoms with van der Waals surface area (Å²) in [4.78, 5) is 0. The molecule has 3 heteroatoms. The van der Waals surface area contributed by atoms with Crippen molar-refractivity contribution in [2.75, 3.05) is 0 Å². The highest BCUT2D eigenvalue weighted by atomic mass is 15.3. The van der Waals surface area contributed by atoms with E-state index in [1.54, 1.807) is 0 Å². The van der Waals surface area contributed by atoms with Gasteiger partial charge in [-0.1, -0.05) is 47.9 Å². The van der Waals surface area contributed by atoms with Gasteiger partial charge < -0.3 is 0 Å². The van der Waals surface area contributed by atoms with Crippen molar-refractivity contribution in [2.45, 2.75) is 6.54 Å². The van der Waals surface area contributed by atoms with Crippen LogP contribution < -0.4 is 5.46 Å². The van der Waals surface area contributed by atoms with Crippen LogP contribution in [0.25, 0.3) is 10.9 Å². The zero-order chi connectivity index (χ0) is 11.7. The summed E-state index contributed by atoms with van der Waals surface area (Å²) in [7, 11) is 5.75.